The molecule has 0 fully saturated rings. The lowest BCUT2D eigenvalue weighted by Gasteiger charge is -2.15. The number of sulfone groups is 1. The summed E-state index contributed by atoms with van der Waals surface area (Å²) in [7, 11) is -3.94. The summed E-state index contributed by atoms with van der Waals surface area (Å²) >= 11 is 5.79. The lowest BCUT2D eigenvalue weighted by atomic mass is 9.95. The van der Waals surface area contributed by atoms with Crippen molar-refractivity contribution in [2.45, 2.75) is 4.90 Å². The van der Waals surface area contributed by atoms with Crippen molar-refractivity contribution in [3.8, 4) is 11.1 Å². The number of anilines is 1. The smallest absolute Gasteiger partial charge is 0.342 e. The van der Waals surface area contributed by atoms with Crippen LogP contribution in [-0.4, -0.2) is 41.8 Å². The molecule has 132 valence electrons. The number of benzene rings is 1. The number of aromatic amines is 1. The third-order valence-corrected chi connectivity index (χ3v) is 4.66. The molecule has 0 aliphatic rings. The molecule has 9 nitrogen and oxygen atoms in total. The van der Waals surface area contributed by atoms with Crippen molar-refractivity contribution in [1.29, 1.82) is 0 Å². The predicted molar refractivity (Wildman–Crippen MR) is 88.9 cm³/mol. The minimum absolute atomic E-state index is 0.0238. The van der Waals surface area contributed by atoms with Crippen LogP contribution < -0.4 is 11.3 Å². The van der Waals surface area contributed by atoms with Gasteiger partial charge in [-0.2, -0.15) is 0 Å². The van der Waals surface area contributed by atoms with Gasteiger partial charge in [-0.1, -0.05) is 17.7 Å². The molecule has 1 aromatic heterocycles. The Morgan fingerprint density at radius 1 is 1.16 bits per heavy atom. The van der Waals surface area contributed by atoms with Crippen LogP contribution in [0.25, 0.3) is 11.1 Å². The lowest BCUT2D eigenvalue weighted by Crippen LogP contribution is -2.24. The quantitative estimate of drug-likeness (QED) is 0.605. The van der Waals surface area contributed by atoms with Gasteiger partial charge in [-0.15, -0.1) is 0 Å². The Kier molecular flexibility index (Phi) is 4.60. The average molecular weight is 387 g/mol. The molecule has 5 N–H and O–H groups in total. The van der Waals surface area contributed by atoms with E-state index >= 15 is 0 Å². The molecule has 0 saturated heterocycles. The highest BCUT2D eigenvalue weighted by molar-refractivity contribution is 7.90. The SMILES string of the molecule is CS(=O)(=O)c1cc(Cl)ccc1-c1c(C(=O)O)c(N)[nH]c(=O)c1C(=O)O. The van der Waals surface area contributed by atoms with Crippen LogP contribution in [0.3, 0.4) is 0 Å². The number of rotatable bonds is 4. The number of H-pyrrole nitrogens is 1. The number of aromatic nitrogens is 1. The van der Waals surface area contributed by atoms with E-state index in [-0.39, 0.29) is 10.6 Å². The van der Waals surface area contributed by atoms with Gasteiger partial charge in [-0.25, -0.2) is 18.0 Å². The normalized spacial score (nSPS) is 11.3. The van der Waals surface area contributed by atoms with Crippen molar-refractivity contribution in [2.75, 3.05) is 12.0 Å². The first-order valence-corrected chi connectivity index (χ1v) is 8.74. The first-order valence-electron chi connectivity index (χ1n) is 6.47. The van der Waals surface area contributed by atoms with Crippen LogP contribution in [0.4, 0.5) is 5.82 Å². The molecule has 0 radical (unpaired) electrons. The number of carboxylic acid groups (broad SMARTS) is 2. The van der Waals surface area contributed by atoms with Crippen LogP contribution >= 0.6 is 11.6 Å². The van der Waals surface area contributed by atoms with Crippen LogP contribution in [0.5, 0.6) is 0 Å². The highest BCUT2D eigenvalue weighted by atomic mass is 35.5. The van der Waals surface area contributed by atoms with Gasteiger partial charge >= 0.3 is 11.9 Å². The van der Waals surface area contributed by atoms with Gasteiger partial charge in [0.2, 0.25) is 0 Å². The van der Waals surface area contributed by atoms with Gasteiger partial charge in [0, 0.05) is 22.4 Å². The molecule has 2 aromatic rings. The molecule has 2 rings (SSSR count). The Balaban J connectivity index is 3.15. The Hall–Kier alpha value is -2.85. The van der Waals surface area contributed by atoms with Crippen molar-refractivity contribution in [1.82, 2.24) is 4.98 Å². The van der Waals surface area contributed by atoms with Crippen molar-refractivity contribution >= 4 is 39.2 Å². The summed E-state index contributed by atoms with van der Waals surface area (Å²) in [6.07, 6.45) is 0.833. The Morgan fingerprint density at radius 2 is 1.72 bits per heavy atom. The second kappa shape index (κ2) is 6.22. The molecule has 1 aromatic carbocycles. The van der Waals surface area contributed by atoms with E-state index in [1.807, 2.05) is 4.98 Å². The minimum atomic E-state index is -3.94. The third-order valence-electron chi connectivity index (χ3n) is 3.28. The molecule has 1 heterocycles. The van der Waals surface area contributed by atoms with Crippen LogP contribution in [-0.2, 0) is 9.84 Å². The molecule has 0 spiro atoms. The second-order valence-electron chi connectivity index (χ2n) is 5.02. The fourth-order valence-electron chi connectivity index (χ4n) is 2.33. The van der Waals surface area contributed by atoms with Crippen LogP contribution in [0.1, 0.15) is 20.7 Å². The van der Waals surface area contributed by atoms with Gasteiger partial charge in [0.1, 0.15) is 16.9 Å². The van der Waals surface area contributed by atoms with Gasteiger partial charge in [0.15, 0.2) is 9.84 Å². The highest BCUT2D eigenvalue weighted by Crippen LogP contribution is 2.35. The largest absolute Gasteiger partial charge is 0.478 e. The van der Waals surface area contributed by atoms with Crippen LogP contribution in [0, 0.1) is 0 Å². The first-order chi connectivity index (χ1) is 11.4. The summed E-state index contributed by atoms with van der Waals surface area (Å²) in [5.41, 5.74) is 1.75. The number of nitrogen functional groups attached to an aromatic ring is 1. The number of nitrogens with one attached hydrogen (secondary N) is 1. The zero-order valence-corrected chi connectivity index (χ0v) is 14.1. The van der Waals surface area contributed by atoms with Crippen molar-refractivity contribution in [2.24, 2.45) is 0 Å². The van der Waals surface area contributed by atoms with Crippen molar-refractivity contribution < 1.29 is 28.2 Å². The number of carboxylic acids is 2. The maximum Gasteiger partial charge on any atom is 0.342 e. The molecule has 25 heavy (non-hydrogen) atoms. The molecule has 0 aliphatic carbocycles. The number of hydrogen-bond donors (Lipinski definition) is 4. The zero-order chi connectivity index (χ0) is 19.1. The van der Waals surface area contributed by atoms with E-state index in [0.29, 0.717) is 0 Å². The fraction of sp³-hybridized carbons (Fsp3) is 0.0714. The van der Waals surface area contributed by atoms with E-state index in [9.17, 15) is 33.0 Å². The molecule has 0 amide bonds. The predicted octanol–water partition coefficient (Wildman–Crippen LogP) is 1.08. The van der Waals surface area contributed by atoms with E-state index in [0.717, 1.165) is 18.4 Å². The summed E-state index contributed by atoms with van der Waals surface area (Å²) < 4.78 is 24.1. The topological polar surface area (TPSA) is 168 Å². The summed E-state index contributed by atoms with van der Waals surface area (Å²) in [4.78, 5) is 36.6. The molecule has 0 saturated carbocycles. The number of pyridine rings is 1. The number of aromatic carboxylic acids is 2. The maximum absolute atomic E-state index is 12.0. The molecule has 0 unspecified atom stereocenters. The average Bonchev–Trinajstić information content (AvgIpc) is 2.44. The summed E-state index contributed by atoms with van der Waals surface area (Å²) in [5, 5.41) is 18.7. The van der Waals surface area contributed by atoms with Crippen molar-refractivity contribution in [3.63, 3.8) is 0 Å². The summed E-state index contributed by atoms with van der Waals surface area (Å²) in [6.45, 7) is 0. The van der Waals surface area contributed by atoms with Gasteiger partial charge in [-0.05, 0) is 12.1 Å². The number of hydrogen-bond acceptors (Lipinski definition) is 6. The first kappa shape index (κ1) is 18.5. The lowest BCUT2D eigenvalue weighted by molar-refractivity contribution is 0.0695. The molecule has 0 bridgehead atoms. The van der Waals surface area contributed by atoms with Gasteiger partial charge in [-0.3, -0.25) is 4.79 Å². The minimum Gasteiger partial charge on any atom is -0.478 e. The van der Waals surface area contributed by atoms with E-state index in [1.54, 1.807) is 0 Å². The molecule has 11 heteroatoms. The molecular weight excluding hydrogens is 376 g/mol. The third kappa shape index (κ3) is 3.35. The second-order valence-corrected chi connectivity index (χ2v) is 7.44. The van der Waals surface area contributed by atoms with Crippen LogP contribution in [0.2, 0.25) is 5.02 Å². The summed E-state index contributed by atoms with van der Waals surface area (Å²) in [6, 6.07) is 3.38. The Bertz CT molecular complexity index is 1070. The highest BCUT2D eigenvalue weighted by Gasteiger charge is 2.29. The molecule has 0 aliphatic heterocycles. The number of halogens is 1. The van der Waals surface area contributed by atoms with Crippen LogP contribution in [0.15, 0.2) is 27.9 Å². The van der Waals surface area contributed by atoms with Crippen molar-refractivity contribution in [3.05, 3.63) is 44.7 Å². The number of carbonyl (C=O) groups is 2. The van der Waals surface area contributed by atoms with E-state index in [1.165, 1.54) is 6.07 Å². The Labute approximate surface area is 145 Å². The standard InChI is InChI=1S/C14H11ClN2O7S/c1-25(23,24)7-4-5(15)2-3-6(7)8-9(13(19)20)11(16)17-12(18)10(8)14(21)22/h2-4H,1H3,(H,19,20)(H,21,22)(H3,16,17,18). The van der Waals surface area contributed by atoms with E-state index in [2.05, 4.69) is 0 Å². The van der Waals surface area contributed by atoms with E-state index in [4.69, 9.17) is 17.3 Å². The van der Waals surface area contributed by atoms with Gasteiger partial charge in [0.25, 0.3) is 5.56 Å². The van der Waals surface area contributed by atoms with E-state index < -0.39 is 54.7 Å². The monoisotopic (exact) mass is 386 g/mol. The molecular formula is C14H11ClN2O7S. The van der Waals surface area contributed by atoms with Gasteiger partial charge in [0.05, 0.1) is 4.90 Å². The Morgan fingerprint density at radius 3 is 2.20 bits per heavy atom. The fourth-order valence-corrected chi connectivity index (χ4v) is 3.47. The zero-order valence-electron chi connectivity index (χ0n) is 12.5. The van der Waals surface area contributed by atoms with Gasteiger partial charge < -0.3 is 20.9 Å². The number of nitrogens with two attached hydrogens (primary N) is 1. The molecule has 0 atom stereocenters. The maximum atomic E-state index is 12.0. The summed E-state index contributed by atoms with van der Waals surface area (Å²) in [5.74, 6) is -3.99.